The number of benzene rings is 1. The topological polar surface area (TPSA) is 69.7 Å². The van der Waals surface area contributed by atoms with Gasteiger partial charge in [-0.05, 0) is 24.1 Å². The second-order valence-electron chi connectivity index (χ2n) is 5.26. The second-order valence-corrected chi connectivity index (χ2v) is 7.24. The smallest absolute Gasteiger partial charge is 0.317 e. The highest BCUT2D eigenvalue weighted by Gasteiger charge is 2.25. The minimum atomic E-state index is -3.19. The molecule has 1 fully saturated rings. The molecular formula is C14H20FN3O3S. The maximum absolute atomic E-state index is 13.0. The van der Waals surface area contributed by atoms with Gasteiger partial charge in [0.1, 0.15) is 5.82 Å². The number of carbonyl (C=O) groups excluding carboxylic acids is 1. The van der Waals surface area contributed by atoms with Crippen LogP contribution in [0, 0.1) is 5.82 Å². The molecule has 0 aromatic heterocycles. The van der Waals surface area contributed by atoms with Crippen molar-refractivity contribution in [3.63, 3.8) is 0 Å². The van der Waals surface area contributed by atoms with E-state index in [4.69, 9.17) is 0 Å². The molecule has 2 rings (SSSR count). The van der Waals surface area contributed by atoms with Crippen molar-refractivity contribution in [1.29, 1.82) is 0 Å². The van der Waals surface area contributed by atoms with Crippen molar-refractivity contribution in [2.75, 3.05) is 39.0 Å². The Morgan fingerprint density at radius 3 is 2.55 bits per heavy atom. The second kappa shape index (κ2) is 7.06. The minimum Gasteiger partial charge on any atom is -0.338 e. The van der Waals surface area contributed by atoms with Crippen molar-refractivity contribution >= 4 is 16.1 Å². The van der Waals surface area contributed by atoms with E-state index in [9.17, 15) is 17.6 Å². The van der Waals surface area contributed by atoms with E-state index in [0.717, 1.165) is 5.56 Å². The lowest BCUT2D eigenvalue weighted by molar-refractivity contribution is 0.172. The third-order valence-corrected chi connectivity index (χ3v) is 4.88. The summed E-state index contributed by atoms with van der Waals surface area (Å²) in [4.78, 5) is 13.6. The molecule has 1 saturated heterocycles. The fraction of sp³-hybridized carbons (Fsp3) is 0.500. The summed E-state index contributed by atoms with van der Waals surface area (Å²) in [5, 5.41) is 2.77. The van der Waals surface area contributed by atoms with E-state index in [1.165, 1.54) is 22.7 Å². The van der Waals surface area contributed by atoms with Gasteiger partial charge in [-0.1, -0.05) is 12.1 Å². The third-order valence-electron chi connectivity index (χ3n) is 3.57. The Morgan fingerprint density at radius 1 is 1.27 bits per heavy atom. The lowest BCUT2D eigenvalue weighted by Crippen LogP contribution is -2.53. The van der Waals surface area contributed by atoms with Crippen LogP contribution in [0.3, 0.4) is 0 Å². The molecule has 0 radical (unpaired) electrons. The van der Waals surface area contributed by atoms with E-state index in [0.29, 0.717) is 39.1 Å². The molecule has 2 amide bonds. The van der Waals surface area contributed by atoms with Gasteiger partial charge in [0.2, 0.25) is 10.0 Å². The molecular weight excluding hydrogens is 309 g/mol. The van der Waals surface area contributed by atoms with Crippen LogP contribution in [-0.4, -0.2) is 62.6 Å². The first kappa shape index (κ1) is 16.7. The first-order valence-electron chi connectivity index (χ1n) is 7.08. The quantitative estimate of drug-likeness (QED) is 0.882. The molecule has 0 atom stereocenters. The van der Waals surface area contributed by atoms with Gasteiger partial charge in [-0.2, -0.15) is 4.31 Å². The lowest BCUT2D eigenvalue weighted by Gasteiger charge is -2.33. The molecule has 0 bridgehead atoms. The summed E-state index contributed by atoms with van der Waals surface area (Å²) in [6, 6.07) is 6.04. The summed E-state index contributed by atoms with van der Waals surface area (Å²) in [6.45, 7) is 1.79. The summed E-state index contributed by atoms with van der Waals surface area (Å²) in [5.74, 6) is -0.291. The van der Waals surface area contributed by atoms with Gasteiger partial charge in [-0.15, -0.1) is 0 Å². The average molecular weight is 329 g/mol. The number of halogens is 1. The largest absolute Gasteiger partial charge is 0.338 e. The molecule has 0 aliphatic carbocycles. The van der Waals surface area contributed by atoms with Gasteiger partial charge >= 0.3 is 6.03 Å². The van der Waals surface area contributed by atoms with Gasteiger partial charge in [-0.3, -0.25) is 0 Å². The molecule has 1 N–H and O–H groups in total. The van der Waals surface area contributed by atoms with Crippen molar-refractivity contribution in [3.05, 3.63) is 35.6 Å². The van der Waals surface area contributed by atoms with Gasteiger partial charge in [-0.25, -0.2) is 17.6 Å². The number of urea groups is 1. The molecule has 0 spiro atoms. The normalized spacial score (nSPS) is 16.5. The Bertz CT molecular complexity index is 628. The number of hydrogen-bond acceptors (Lipinski definition) is 3. The maximum Gasteiger partial charge on any atom is 0.317 e. The van der Waals surface area contributed by atoms with E-state index in [-0.39, 0.29) is 11.8 Å². The van der Waals surface area contributed by atoms with Crippen molar-refractivity contribution in [3.8, 4) is 0 Å². The van der Waals surface area contributed by atoms with Crippen LogP contribution in [0.1, 0.15) is 5.56 Å². The van der Waals surface area contributed by atoms with E-state index in [2.05, 4.69) is 5.32 Å². The molecule has 1 aromatic rings. The average Bonchev–Trinajstić information content (AvgIpc) is 2.46. The van der Waals surface area contributed by atoms with E-state index in [1.807, 2.05) is 0 Å². The predicted molar refractivity (Wildman–Crippen MR) is 81.5 cm³/mol. The van der Waals surface area contributed by atoms with Crippen LogP contribution in [0.4, 0.5) is 9.18 Å². The first-order chi connectivity index (χ1) is 10.4. The summed E-state index contributed by atoms with van der Waals surface area (Å²) < 4.78 is 37.2. The Hall–Kier alpha value is -1.67. The van der Waals surface area contributed by atoms with E-state index < -0.39 is 10.0 Å². The molecule has 0 saturated carbocycles. The summed E-state index contributed by atoms with van der Waals surface area (Å²) in [7, 11) is -3.19. The van der Waals surface area contributed by atoms with Gasteiger partial charge < -0.3 is 10.2 Å². The van der Waals surface area contributed by atoms with Gasteiger partial charge in [0.15, 0.2) is 0 Å². The number of rotatable bonds is 4. The van der Waals surface area contributed by atoms with E-state index in [1.54, 1.807) is 17.0 Å². The Kier molecular flexibility index (Phi) is 5.36. The molecule has 6 nitrogen and oxygen atoms in total. The number of amides is 2. The molecule has 1 heterocycles. The fourth-order valence-corrected chi connectivity index (χ4v) is 3.17. The number of piperazine rings is 1. The van der Waals surface area contributed by atoms with Gasteiger partial charge in [0.25, 0.3) is 0 Å². The summed E-state index contributed by atoms with van der Waals surface area (Å²) in [6.07, 6.45) is 1.72. The Morgan fingerprint density at radius 2 is 1.95 bits per heavy atom. The van der Waals surface area contributed by atoms with Crippen molar-refractivity contribution in [2.45, 2.75) is 6.42 Å². The molecule has 1 aliphatic heterocycles. The maximum atomic E-state index is 13.0. The molecule has 122 valence electrons. The van der Waals surface area contributed by atoms with Crippen molar-refractivity contribution in [2.24, 2.45) is 0 Å². The highest BCUT2D eigenvalue weighted by molar-refractivity contribution is 7.88. The van der Waals surface area contributed by atoms with E-state index >= 15 is 0 Å². The highest BCUT2D eigenvalue weighted by atomic mass is 32.2. The summed E-state index contributed by atoms with van der Waals surface area (Å²) >= 11 is 0. The van der Waals surface area contributed by atoms with Crippen LogP contribution in [0.5, 0.6) is 0 Å². The van der Waals surface area contributed by atoms with Crippen LogP contribution in [0.25, 0.3) is 0 Å². The van der Waals surface area contributed by atoms with Crippen LogP contribution in [0.2, 0.25) is 0 Å². The van der Waals surface area contributed by atoms with Gasteiger partial charge in [0, 0.05) is 32.7 Å². The van der Waals surface area contributed by atoms with Crippen LogP contribution in [-0.2, 0) is 16.4 Å². The SMILES string of the molecule is CS(=O)(=O)N1CCN(C(=O)NCCc2cccc(F)c2)CC1. The number of hydrogen-bond donors (Lipinski definition) is 1. The minimum absolute atomic E-state index is 0.218. The van der Waals surface area contributed by atoms with Gasteiger partial charge in [0.05, 0.1) is 6.26 Å². The van der Waals surface area contributed by atoms with Crippen LogP contribution in [0.15, 0.2) is 24.3 Å². The Labute approximate surface area is 130 Å². The zero-order chi connectivity index (χ0) is 16.2. The number of nitrogens with zero attached hydrogens (tertiary/aromatic N) is 2. The molecule has 22 heavy (non-hydrogen) atoms. The molecule has 8 heteroatoms. The highest BCUT2D eigenvalue weighted by Crippen LogP contribution is 2.07. The van der Waals surface area contributed by atoms with Crippen molar-refractivity contribution in [1.82, 2.24) is 14.5 Å². The number of sulfonamides is 1. The predicted octanol–water partition coefficient (Wildman–Crippen LogP) is 0.655. The first-order valence-corrected chi connectivity index (χ1v) is 8.93. The monoisotopic (exact) mass is 329 g/mol. The molecule has 0 unspecified atom stereocenters. The fourth-order valence-electron chi connectivity index (χ4n) is 2.34. The van der Waals surface area contributed by atoms with Crippen molar-refractivity contribution < 1.29 is 17.6 Å². The third kappa shape index (κ3) is 4.67. The van der Waals surface area contributed by atoms with Crippen LogP contribution >= 0.6 is 0 Å². The van der Waals surface area contributed by atoms with Crippen LogP contribution < -0.4 is 5.32 Å². The molecule has 1 aromatic carbocycles. The molecule has 1 aliphatic rings. The zero-order valence-electron chi connectivity index (χ0n) is 12.5. The number of carbonyl (C=O) groups is 1. The number of nitrogens with one attached hydrogen (secondary N) is 1. The lowest BCUT2D eigenvalue weighted by atomic mass is 10.1. The Balaban J connectivity index is 1.75. The zero-order valence-corrected chi connectivity index (χ0v) is 13.3. The standard InChI is InChI=1S/C14H20FN3O3S/c1-22(20,21)18-9-7-17(8-10-18)14(19)16-6-5-12-3-2-4-13(15)11-12/h2-4,11H,5-10H2,1H3,(H,16,19). The summed E-state index contributed by atoms with van der Waals surface area (Å²) in [5.41, 5.74) is 0.821.